The molecule has 0 unspecified atom stereocenters. The number of carbonyl (C=O) groups excluding carboxylic acids is 3. The molecule has 0 spiro atoms. The van der Waals surface area contributed by atoms with Crippen LogP contribution in [0.2, 0.25) is 0 Å². The molecule has 0 aromatic carbocycles. The van der Waals surface area contributed by atoms with E-state index in [0.29, 0.717) is 19.3 Å². The molecule has 17 atom stereocenters. The largest absolute Gasteiger partial charge is 0.459 e. The summed E-state index contributed by atoms with van der Waals surface area (Å²) >= 11 is 0. The van der Waals surface area contributed by atoms with E-state index in [4.69, 9.17) is 33.2 Å². The van der Waals surface area contributed by atoms with Crippen LogP contribution in [-0.2, 0) is 47.5 Å². The smallest absolute Gasteiger partial charge is 0.311 e. The van der Waals surface area contributed by atoms with Crippen LogP contribution in [0.5, 0.6) is 0 Å². The maximum atomic E-state index is 14.2. The van der Waals surface area contributed by atoms with Gasteiger partial charge in [0, 0.05) is 37.8 Å². The van der Waals surface area contributed by atoms with E-state index in [1.807, 2.05) is 32.8 Å². The highest BCUT2D eigenvalue weighted by molar-refractivity contribution is 5.84. The molecule has 0 bridgehead atoms. The number of esters is 2. The standard InChI is InChI=1S/C39H69NO13/c1-14-28-39(10,46)35(52-29(41)15-2)23(6)31(42)20(3)16-17-27(50-37-32(43)26(40(11)12)18-21(4)48-37)22(5)33(24(7)36(45)51-28)53-30-19-38(9,47-13)34(44)25(8)49-30/h20-28,30,32-35,37,43-44,46H,14-19H2,1-13H3/t20-,21-,22-,23+,24-,25+,26+,27+,28+,30+,32-,33+,34+,35-,37+,38-,39-/m1/s1. The second-order valence-electron chi connectivity index (χ2n) is 16.4. The van der Waals surface area contributed by atoms with Crippen LogP contribution in [0.25, 0.3) is 0 Å². The van der Waals surface area contributed by atoms with E-state index in [-0.39, 0.29) is 37.2 Å². The lowest BCUT2D eigenvalue weighted by Gasteiger charge is -2.47. The molecular formula is C39H69NO13. The molecule has 3 N–H and O–H groups in total. The van der Waals surface area contributed by atoms with Crippen LogP contribution in [0.1, 0.15) is 108 Å². The molecule has 14 nitrogen and oxygen atoms in total. The maximum Gasteiger partial charge on any atom is 0.311 e. The number of likely N-dealkylation sites (N-methyl/N-ethyl adjacent to an activating group) is 1. The normalized spacial score (nSPS) is 45.3. The summed E-state index contributed by atoms with van der Waals surface area (Å²) < 4.78 is 43.2. The van der Waals surface area contributed by atoms with E-state index < -0.39 is 102 Å². The van der Waals surface area contributed by atoms with Crippen LogP contribution in [0.3, 0.4) is 0 Å². The summed E-state index contributed by atoms with van der Waals surface area (Å²) in [5.41, 5.74) is -2.93. The third-order valence-electron chi connectivity index (χ3n) is 12.0. The Hall–Kier alpha value is -1.75. The molecule has 0 radical (unpaired) electrons. The lowest BCUT2D eigenvalue weighted by molar-refractivity contribution is -0.306. The average molecular weight is 760 g/mol. The number of ether oxygens (including phenoxy) is 7. The van der Waals surface area contributed by atoms with Gasteiger partial charge in [-0.2, -0.15) is 0 Å². The SMILES string of the molecule is CCC(=O)O[C@@H]1[C@@H](C)C(=O)[C@H](C)CC[C@H](O[C@@H]2O[C@H](C)C[C@H](N(C)C)[C@H]2O)[C@@H](C)[C@H](O[C@H]2C[C@@](C)(OC)[C@@H](O)[C@H](C)O2)[C@@H](C)C(=O)O[C@@H](CC)[C@@]1(C)O. The van der Waals surface area contributed by atoms with E-state index in [1.165, 1.54) is 14.0 Å². The Morgan fingerprint density at radius 2 is 1.60 bits per heavy atom. The van der Waals surface area contributed by atoms with Crippen LogP contribution >= 0.6 is 0 Å². The van der Waals surface area contributed by atoms with E-state index in [0.717, 1.165) is 0 Å². The number of hydrogen-bond acceptors (Lipinski definition) is 14. The topological polar surface area (TPSA) is 180 Å². The Bertz CT molecular complexity index is 1220. The van der Waals surface area contributed by atoms with Gasteiger partial charge in [-0.05, 0) is 74.4 Å². The van der Waals surface area contributed by atoms with Crippen molar-refractivity contribution < 1.29 is 62.9 Å². The Kier molecular flexibility index (Phi) is 16.3. The van der Waals surface area contributed by atoms with E-state index in [9.17, 15) is 29.7 Å². The van der Waals surface area contributed by atoms with Gasteiger partial charge in [-0.1, -0.05) is 34.6 Å². The first-order chi connectivity index (χ1) is 24.6. The molecule has 3 rings (SSSR count). The molecular weight excluding hydrogens is 690 g/mol. The summed E-state index contributed by atoms with van der Waals surface area (Å²) in [6.07, 6.45) is -7.24. The molecule has 3 aliphatic heterocycles. The first-order valence-electron chi connectivity index (χ1n) is 19.5. The van der Waals surface area contributed by atoms with Gasteiger partial charge in [0.25, 0.3) is 0 Å². The average Bonchev–Trinajstić information content (AvgIpc) is 3.11. The summed E-state index contributed by atoms with van der Waals surface area (Å²) in [5.74, 6) is -4.53. The van der Waals surface area contributed by atoms with Gasteiger partial charge in [0.15, 0.2) is 12.6 Å². The maximum absolute atomic E-state index is 14.2. The minimum Gasteiger partial charge on any atom is -0.459 e. The number of ketones is 1. The first kappa shape index (κ1) is 45.6. The molecule has 0 aromatic rings. The molecule has 3 heterocycles. The summed E-state index contributed by atoms with van der Waals surface area (Å²) in [7, 11) is 5.29. The third kappa shape index (κ3) is 10.6. The highest BCUT2D eigenvalue weighted by Gasteiger charge is 2.52. The summed E-state index contributed by atoms with van der Waals surface area (Å²) in [6.45, 7) is 17.2. The van der Waals surface area contributed by atoms with E-state index in [2.05, 4.69) is 0 Å². The van der Waals surface area contributed by atoms with Crippen LogP contribution < -0.4 is 0 Å². The summed E-state index contributed by atoms with van der Waals surface area (Å²) in [6, 6.07) is -0.239. The molecule has 0 aliphatic carbocycles. The fourth-order valence-corrected chi connectivity index (χ4v) is 8.25. The summed E-state index contributed by atoms with van der Waals surface area (Å²) in [5, 5.41) is 34.4. The van der Waals surface area contributed by atoms with Crippen molar-refractivity contribution in [1.29, 1.82) is 0 Å². The van der Waals surface area contributed by atoms with Gasteiger partial charge in [-0.25, -0.2) is 0 Å². The predicted octanol–water partition coefficient (Wildman–Crippen LogP) is 3.39. The fourth-order valence-electron chi connectivity index (χ4n) is 8.25. The second kappa shape index (κ2) is 18.9. The van der Waals surface area contributed by atoms with Crippen molar-refractivity contribution in [3.63, 3.8) is 0 Å². The third-order valence-corrected chi connectivity index (χ3v) is 12.0. The first-order valence-corrected chi connectivity index (χ1v) is 19.5. The minimum absolute atomic E-state index is 0.0238. The highest BCUT2D eigenvalue weighted by atomic mass is 16.7. The lowest BCUT2D eigenvalue weighted by atomic mass is 9.77. The number of methoxy groups -OCH3 is 1. The van der Waals surface area contributed by atoms with Gasteiger partial charge in [0.05, 0.1) is 41.9 Å². The Balaban J connectivity index is 2.13. The van der Waals surface area contributed by atoms with Crippen molar-refractivity contribution in [2.24, 2.45) is 23.7 Å². The Morgan fingerprint density at radius 3 is 2.17 bits per heavy atom. The zero-order valence-electron chi connectivity index (χ0n) is 34.3. The van der Waals surface area contributed by atoms with Crippen LogP contribution in [0.4, 0.5) is 0 Å². The van der Waals surface area contributed by atoms with Crippen LogP contribution in [0.15, 0.2) is 0 Å². The zero-order valence-corrected chi connectivity index (χ0v) is 34.3. The molecule has 0 saturated carbocycles. The van der Waals surface area contributed by atoms with Gasteiger partial charge < -0.3 is 53.4 Å². The quantitative estimate of drug-likeness (QED) is 0.291. The Labute approximate surface area is 316 Å². The predicted molar refractivity (Wildman–Crippen MR) is 194 cm³/mol. The van der Waals surface area contributed by atoms with Gasteiger partial charge in [0.1, 0.15) is 35.8 Å². The molecule has 0 amide bonds. The van der Waals surface area contributed by atoms with Crippen molar-refractivity contribution in [3.05, 3.63) is 0 Å². The van der Waals surface area contributed by atoms with Crippen molar-refractivity contribution in [2.75, 3.05) is 21.2 Å². The molecule has 3 fully saturated rings. The number of carbonyl (C=O) groups is 3. The van der Waals surface area contributed by atoms with Crippen LogP contribution in [-0.4, -0.2) is 138 Å². The van der Waals surface area contributed by atoms with Crippen molar-refractivity contribution >= 4 is 17.7 Å². The van der Waals surface area contributed by atoms with E-state index >= 15 is 0 Å². The number of aliphatic hydroxyl groups is 3. The van der Waals surface area contributed by atoms with Crippen molar-refractivity contribution in [3.8, 4) is 0 Å². The van der Waals surface area contributed by atoms with Crippen molar-refractivity contribution in [2.45, 2.75) is 186 Å². The second-order valence-corrected chi connectivity index (χ2v) is 16.4. The van der Waals surface area contributed by atoms with Gasteiger partial charge >= 0.3 is 11.9 Å². The molecule has 3 saturated heterocycles. The van der Waals surface area contributed by atoms with Crippen LogP contribution in [0, 0.1) is 23.7 Å². The zero-order chi connectivity index (χ0) is 40.2. The number of Topliss-reactive ketones (excluding diaryl/α,β-unsaturated/α-hetero) is 1. The number of aliphatic hydroxyl groups excluding tert-OH is 2. The lowest BCUT2D eigenvalue weighted by Crippen LogP contribution is -2.59. The number of rotatable bonds is 9. The van der Waals surface area contributed by atoms with Gasteiger partial charge in [-0.3, -0.25) is 14.4 Å². The molecule has 53 heavy (non-hydrogen) atoms. The highest BCUT2D eigenvalue weighted by Crippen LogP contribution is 2.39. The molecule has 3 aliphatic rings. The Morgan fingerprint density at radius 1 is 0.962 bits per heavy atom. The van der Waals surface area contributed by atoms with Crippen molar-refractivity contribution in [1.82, 2.24) is 4.90 Å². The molecule has 308 valence electrons. The number of nitrogens with zero attached hydrogens (tertiary/aromatic N) is 1. The number of cyclic esters (lactones) is 1. The monoisotopic (exact) mass is 759 g/mol. The fraction of sp³-hybridized carbons (Fsp3) is 0.923. The minimum atomic E-state index is -1.92. The molecule has 14 heteroatoms. The van der Waals surface area contributed by atoms with Gasteiger partial charge in [-0.15, -0.1) is 0 Å². The molecule has 0 aromatic heterocycles. The summed E-state index contributed by atoms with van der Waals surface area (Å²) in [4.78, 5) is 42.9. The number of hydrogen-bond donors (Lipinski definition) is 3. The van der Waals surface area contributed by atoms with E-state index in [1.54, 1.807) is 48.5 Å². The van der Waals surface area contributed by atoms with Gasteiger partial charge in [0.2, 0.25) is 0 Å².